The molecule has 6 heteroatoms. The van der Waals surface area contributed by atoms with Gasteiger partial charge in [-0.2, -0.15) is 0 Å². The Hall–Kier alpha value is -1.72. The molecule has 0 aromatic rings. The highest BCUT2D eigenvalue weighted by Crippen LogP contribution is 2.47. The van der Waals surface area contributed by atoms with Crippen molar-refractivity contribution >= 4 is 29.0 Å². The summed E-state index contributed by atoms with van der Waals surface area (Å²) in [5, 5.41) is 20.7. The molecule has 154 valence electrons. The Morgan fingerprint density at radius 2 is 1.89 bits per heavy atom. The molecule has 2 rings (SSSR count). The van der Waals surface area contributed by atoms with Gasteiger partial charge in [0, 0.05) is 17.9 Å². The number of aliphatic hydroxyl groups excluding tert-OH is 2. The molecule has 0 amide bonds. The average molecular weight is 409 g/mol. The van der Waals surface area contributed by atoms with Crippen molar-refractivity contribution in [2.45, 2.75) is 66.4 Å². The molecule has 2 N–H and O–H groups in total. The van der Waals surface area contributed by atoms with E-state index in [9.17, 15) is 24.6 Å². The summed E-state index contributed by atoms with van der Waals surface area (Å²) in [7, 11) is 0. The molecule has 0 spiro atoms. The molecule has 0 heterocycles. The summed E-state index contributed by atoms with van der Waals surface area (Å²) in [6.45, 7) is 9.22. The fourth-order valence-electron chi connectivity index (χ4n) is 4.07. The second-order valence-corrected chi connectivity index (χ2v) is 8.81. The summed E-state index contributed by atoms with van der Waals surface area (Å²) in [6, 6.07) is 0. The topological polar surface area (TPSA) is 91.7 Å². The first-order valence-electron chi connectivity index (χ1n) is 9.67. The maximum absolute atomic E-state index is 12.2. The Morgan fingerprint density at radius 1 is 1.29 bits per heavy atom. The smallest absolute Gasteiger partial charge is 0.233 e. The number of hydrogen-bond donors (Lipinski definition) is 2. The Balaban J connectivity index is 2.18. The van der Waals surface area contributed by atoms with Gasteiger partial charge in [-0.05, 0) is 50.0 Å². The highest BCUT2D eigenvalue weighted by atomic mass is 35.5. The monoisotopic (exact) mass is 408 g/mol. The van der Waals surface area contributed by atoms with E-state index in [0.29, 0.717) is 24.3 Å². The molecule has 0 unspecified atom stereocenters. The summed E-state index contributed by atoms with van der Waals surface area (Å²) in [4.78, 5) is 36.3. The molecule has 2 aliphatic carbocycles. The van der Waals surface area contributed by atoms with Gasteiger partial charge in [-0.25, -0.2) is 0 Å². The zero-order valence-electron chi connectivity index (χ0n) is 17.1. The van der Waals surface area contributed by atoms with Gasteiger partial charge in [-0.1, -0.05) is 38.4 Å². The van der Waals surface area contributed by atoms with Gasteiger partial charge in [0.25, 0.3) is 0 Å². The number of halogens is 1. The van der Waals surface area contributed by atoms with Crippen LogP contribution in [0.25, 0.3) is 0 Å². The molecule has 2 aliphatic rings. The van der Waals surface area contributed by atoms with Crippen molar-refractivity contribution in [1.29, 1.82) is 0 Å². The molecule has 1 fully saturated rings. The Morgan fingerprint density at radius 3 is 2.50 bits per heavy atom. The van der Waals surface area contributed by atoms with Gasteiger partial charge >= 0.3 is 0 Å². The summed E-state index contributed by atoms with van der Waals surface area (Å²) in [5.41, 5.74) is 0.284. The van der Waals surface area contributed by atoms with Crippen LogP contribution in [0, 0.1) is 17.3 Å². The Labute approximate surface area is 171 Å². The van der Waals surface area contributed by atoms with Crippen molar-refractivity contribution in [3.05, 3.63) is 33.6 Å². The molecule has 0 saturated heterocycles. The third-order valence-corrected chi connectivity index (χ3v) is 7.32. The molecule has 0 aromatic carbocycles. The maximum atomic E-state index is 12.2. The molecule has 0 bridgehead atoms. The number of rotatable bonds is 5. The van der Waals surface area contributed by atoms with Crippen molar-refractivity contribution in [2.24, 2.45) is 17.3 Å². The lowest BCUT2D eigenvalue weighted by molar-refractivity contribution is -0.133. The van der Waals surface area contributed by atoms with Crippen LogP contribution in [0.1, 0.15) is 60.3 Å². The molecule has 28 heavy (non-hydrogen) atoms. The number of aliphatic hydroxyl groups is 2. The molecule has 0 radical (unpaired) electrons. The predicted octanol–water partition coefficient (Wildman–Crippen LogP) is 4.19. The molecule has 4 atom stereocenters. The van der Waals surface area contributed by atoms with Crippen molar-refractivity contribution in [2.75, 3.05) is 0 Å². The fraction of sp³-hybridized carbons (Fsp3) is 0.591. The van der Waals surface area contributed by atoms with Crippen molar-refractivity contribution in [3.63, 3.8) is 0 Å². The van der Waals surface area contributed by atoms with Crippen LogP contribution in [0.15, 0.2) is 33.6 Å². The van der Waals surface area contributed by atoms with Crippen LogP contribution in [-0.2, 0) is 14.4 Å². The van der Waals surface area contributed by atoms with E-state index in [4.69, 9.17) is 11.6 Å². The molecule has 0 aliphatic heterocycles. The fourth-order valence-corrected chi connectivity index (χ4v) is 4.27. The minimum atomic E-state index is -0.786. The zero-order valence-corrected chi connectivity index (χ0v) is 17.9. The highest BCUT2D eigenvalue weighted by molar-refractivity contribution is 6.53. The lowest BCUT2D eigenvalue weighted by Crippen LogP contribution is -2.43. The van der Waals surface area contributed by atoms with Crippen LogP contribution in [0.5, 0.6) is 0 Å². The normalized spacial score (nSPS) is 31.0. The van der Waals surface area contributed by atoms with Crippen molar-refractivity contribution in [1.82, 2.24) is 0 Å². The van der Waals surface area contributed by atoms with E-state index in [1.54, 1.807) is 13.0 Å². The zero-order chi connectivity index (χ0) is 21.4. The highest BCUT2D eigenvalue weighted by Gasteiger charge is 2.44. The third kappa shape index (κ3) is 4.01. The number of hydrogen-bond acceptors (Lipinski definition) is 5. The first-order valence-corrected chi connectivity index (χ1v) is 10.0. The summed E-state index contributed by atoms with van der Waals surface area (Å²) >= 11 is 5.94. The first kappa shape index (κ1) is 22.6. The third-order valence-electron chi connectivity index (χ3n) is 6.85. The minimum absolute atomic E-state index is 0.00352. The SMILES string of the molecule is CC1=C(Cl)C(O)=C(C/C=C(\C)[C@@H](O)C[C@@]2(C)[C@H](C)CCC(=O)[C@@H]2C)C(=O)C1=O. The summed E-state index contributed by atoms with van der Waals surface area (Å²) in [5.74, 6) is -1.47. The molecular formula is C22H29ClO5. The van der Waals surface area contributed by atoms with E-state index < -0.39 is 17.7 Å². The maximum Gasteiger partial charge on any atom is 0.233 e. The summed E-state index contributed by atoms with van der Waals surface area (Å²) < 4.78 is 0. The van der Waals surface area contributed by atoms with Crippen LogP contribution in [0.2, 0.25) is 0 Å². The average Bonchev–Trinajstić information content (AvgIpc) is 2.66. The van der Waals surface area contributed by atoms with Gasteiger partial charge in [0.05, 0.1) is 16.7 Å². The lowest BCUT2D eigenvalue weighted by Gasteiger charge is -2.45. The van der Waals surface area contributed by atoms with Crippen LogP contribution in [-0.4, -0.2) is 33.7 Å². The van der Waals surface area contributed by atoms with Crippen LogP contribution in [0.4, 0.5) is 0 Å². The predicted molar refractivity (Wildman–Crippen MR) is 108 cm³/mol. The standard InChI is InChI=1S/C22H29ClO5/c1-11(6-8-15-20(27)18(23)13(3)19(26)21(15)28)17(25)10-22(5)12(2)7-9-16(24)14(22)4/h6,12,14,17,25,27H,7-10H2,1-5H3/b11-6+/t12-,14+,17+,22+/m1/s1. The van der Waals surface area contributed by atoms with Crippen LogP contribution in [0.3, 0.4) is 0 Å². The van der Waals surface area contributed by atoms with E-state index >= 15 is 0 Å². The number of allylic oxidation sites excluding steroid dienone is 4. The molecule has 1 saturated carbocycles. The number of ketones is 3. The van der Waals surface area contributed by atoms with Crippen molar-refractivity contribution in [3.8, 4) is 0 Å². The van der Waals surface area contributed by atoms with Crippen LogP contribution < -0.4 is 0 Å². The number of carbonyl (C=O) groups excluding carboxylic acids is 3. The minimum Gasteiger partial charge on any atom is -0.506 e. The van der Waals surface area contributed by atoms with E-state index in [1.165, 1.54) is 6.92 Å². The second kappa shape index (κ2) is 8.34. The van der Waals surface area contributed by atoms with Gasteiger partial charge < -0.3 is 10.2 Å². The van der Waals surface area contributed by atoms with Crippen molar-refractivity contribution < 1.29 is 24.6 Å². The first-order chi connectivity index (χ1) is 12.9. The van der Waals surface area contributed by atoms with Gasteiger partial charge in [-0.3, -0.25) is 14.4 Å². The molecule has 0 aromatic heterocycles. The lowest BCUT2D eigenvalue weighted by atomic mass is 9.59. The largest absolute Gasteiger partial charge is 0.506 e. The Kier molecular flexibility index (Phi) is 6.72. The van der Waals surface area contributed by atoms with Gasteiger partial charge in [0.15, 0.2) is 0 Å². The quantitative estimate of drug-likeness (QED) is 0.404. The van der Waals surface area contributed by atoms with Crippen LogP contribution >= 0.6 is 11.6 Å². The molecule has 5 nitrogen and oxygen atoms in total. The van der Waals surface area contributed by atoms with Gasteiger partial charge in [0.2, 0.25) is 11.6 Å². The van der Waals surface area contributed by atoms with E-state index in [-0.39, 0.29) is 45.5 Å². The van der Waals surface area contributed by atoms with Gasteiger partial charge in [-0.15, -0.1) is 0 Å². The van der Waals surface area contributed by atoms with E-state index in [2.05, 4.69) is 6.92 Å². The second-order valence-electron chi connectivity index (χ2n) is 8.43. The molecular weight excluding hydrogens is 380 g/mol. The van der Waals surface area contributed by atoms with E-state index in [1.807, 2.05) is 13.8 Å². The van der Waals surface area contributed by atoms with E-state index in [0.717, 1.165) is 6.42 Å². The number of Topliss-reactive ketones (excluding diaryl/α,β-unsaturated/α-hetero) is 3. The Bertz CT molecular complexity index is 804. The number of carbonyl (C=O) groups is 3. The van der Waals surface area contributed by atoms with Gasteiger partial charge in [0.1, 0.15) is 11.5 Å². The summed E-state index contributed by atoms with van der Waals surface area (Å²) in [6.07, 6.45) is 2.68.